The van der Waals surface area contributed by atoms with Crippen LogP contribution < -0.4 is 0 Å². The van der Waals surface area contributed by atoms with E-state index >= 15 is 0 Å². The van der Waals surface area contributed by atoms with Gasteiger partial charge in [0.2, 0.25) is 0 Å². The largest absolute Gasteiger partial charge is 0.507 e. The second-order valence-corrected chi connectivity index (χ2v) is 6.09. The molecule has 0 bridgehead atoms. The Kier molecular flexibility index (Phi) is 2.45. The Hall–Kier alpha value is -1.80. The first kappa shape index (κ1) is 12.0. The number of aryl methyl sites for hydroxylation is 1. The van der Waals surface area contributed by atoms with E-state index in [-0.39, 0.29) is 0 Å². The van der Waals surface area contributed by atoms with Crippen LogP contribution in [0.5, 0.6) is 5.75 Å². The summed E-state index contributed by atoms with van der Waals surface area (Å²) in [5.41, 5.74) is 7.43. The fourth-order valence-corrected chi connectivity index (χ4v) is 3.79. The van der Waals surface area contributed by atoms with Crippen LogP contribution in [0.4, 0.5) is 0 Å². The van der Waals surface area contributed by atoms with Gasteiger partial charge in [-0.25, -0.2) is 0 Å². The van der Waals surface area contributed by atoms with Gasteiger partial charge in [0.15, 0.2) is 0 Å². The van der Waals surface area contributed by atoms with E-state index in [1.165, 1.54) is 22.3 Å². The Balaban J connectivity index is 2.05. The lowest BCUT2D eigenvalue weighted by molar-refractivity contribution is 0.228. The first-order chi connectivity index (χ1) is 9.66. The van der Waals surface area contributed by atoms with Gasteiger partial charge in [-0.15, -0.1) is 0 Å². The molecule has 2 aromatic rings. The Bertz CT molecular complexity index is 705. The van der Waals surface area contributed by atoms with Crippen molar-refractivity contribution in [2.45, 2.75) is 25.8 Å². The maximum atomic E-state index is 10.5. The number of phenols is 1. The summed E-state index contributed by atoms with van der Waals surface area (Å²) < 4.78 is 0. The van der Waals surface area contributed by atoms with Gasteiger partial charge in [0.1, 0.15) is 5.75 Å². The summed E-state index contributed by atoms with van der Waals surface area (Å²) in [7, 11) is 2.21. The Labute approximate surface area is 119 Å². The summed E-state index contributed by atoms with van der Waals surface area (Å²) in [6.45, 7) is 3.09. The van der Waals surface area contributed by atoms with E-state index < -0.39 is 0 Å². The van der Waals surface area contributed by atoms with Crippen molar-refractivity contribution in [3.8, 4) is 16.9 Å². The van der Waals surface area contributed by atoms with E-state index in [4.69, 9.17) is 0 Å². The Morgan fingerprint density at radius 3 is 2.85 bits per heavy atom. The molecule has 0 radical (unpaired) electrons. The van der Waals surface area contributed by atoms with Gasteiger partial charge in [0.25, 0.3) is 0 Å². The lowest BCUT2D eigenvalue weighted by atomic mass is 9.76. The predicted molar refractivity (Wildman–Crippen MR) is 81.1 cm³/mol. The maximum absolute atomic E-state index is 10.5. The van der Waals surface area contributed by atoms with E-state index in [0.717, 1.165) is 30.5 Å². The molecule has 0 saturated carbocycles. The Morgan fingerprint density at radius 2 is 2.00 bits per heavy atom. The molecule has 2 aliphatic rings. The van der Waals surface area contributed by atoms with E-state index in [1.54, 1.807) is 0 Å². The molecule has 102 valence electrons. The second kappa shape index (κ2) is 4.10. The normalized spacial score (nSPS) is 20.4. The summed E-state index contributed by atoms with van der Waals surface area (Å²) in [6, 6.07) is 11.2. The molecule has 0 aromatic heterocycles. The minimum absolute atomic E-state index is 0.461. The molecule has 1 aliphatic heterocycles. The van der Waals surface area contributed by atoms with E-state index in [2.05, 4.69) is 36.2 Å². The molecule has 1 heterocycles. The number of phenolic OH excluding ortho intramolecular Hbond substituents is 1. The number of nitrogens with zero attached hydrogens (tertiary/aromatic N) is 1. The molecule has 1 N–H and O–H groups in total. The third-order valence-electron chi connectivity index (χ3n) is 4.94. The summed E-state index contributed by atoms with van der Waals surface area (Å²) in [4.78, 5) is 2.45. The summed E-state index contributed by atoms with van der Waals surface area (Å²) in [5, 5.41) is 10.5. The first-order valence-electron chi connectivity index (χ1n) is 7.30. The highest BCUT2D eigenvalue weighted by Gasteiger charge is 2.33. The zero-order valence-corrected chi connectivity index (χ0v) is 12.0. The zero-order valence-electron chi connectivity index (χ0n) is 12.0. The predicted octanol–water partition coefficient (Wildman–Crippen LogP) is 3.45. The number of likely N-dealkylation sites (N-methyl/N-ethyl adjacent to an activating group) is 1. The highest BCUT2D eigenvalue weighted by Crippen LogP contribution is 2.48. The van der Waals surface area contributed by atoms with Crippen LogP contribution in [-0.2, 0) is 12.8 Å². The molecule has 0 unspecified atom stereocenters. The number of hydrogen-bond acceptors (Lipinski definition) is 2. The highest BCUT2D eigenvalue weighted by atomic mass is 16.3. The molecular weight excluding hydrogens is 246 g/mol. The zero-order chi connectivity index (χ0) is 13.9. The number of benzene rings is 2. The molecule has 2 nitrogen and oxygen atoms in total. The van der Waals surface area contributed by atoms with Gasteiger partial charge >= 0.3 is 0 Å². The molecule has 0 saturated heterocycles. The molecular formula is C18H19NO. The molecule has 1 aliphatic carbocycles. The lowest BCUT2D eigenvalue weighted by Gasteiger charge is -2.40. The van der Waals surface area contributed by atoms with Crippen LogP contribution in [0.1, 0.15) is 28.3 Å². The molecule has 4 rings (SSSR count). The molecule has 2 aromatic carbocycles. The van der Waals surface area contributed by atoms with Crippen molar-refractivity contribution in [1.29, 1.82) is 0 Å². The fraction of sp³-hybridized carbons (Fsp3) is 0.333. The summed E-state index contributed by atoms with van der Waals surface area (Å²) in [5.74, 6) is 0.461. The van der Waals surface area contributed by atoms with E-state index in [9.17, 15) is 5.11 Å². The Morgan fingerprint density at radius 1 is 1.15 bits per heavy atom. The molecule has 0 fully saturated rings. The van der Waals surface area contributed by atoms with Crippen molar-refractivity contribution in [2.75, 3.05) is 13.6 Å². The van der Waals surface area contributed by atoms with Crippen LogP contribution in [0.25, 0.3) is 11.1 Å². The smallest absolute Gasteiger partial charge is 0.126 e. The van der Waals surface area contributed by atoms with Crippen molar-refractivity contribution >= 4 is 0 Å². The van der Waals surface area contributed by atoms with Crippen molar-refractivity contribution < 1.29 is 5.11 Å². The van der Waals surface area contributed by atoms with Gasteiger partial charge in [0, 0.05) is 18.2 Å². The van der Waals surface area contributed by atoms with Crippen molar-refractivity contribution in [1.82, 2.24) is 4.90 Å². The first-order valence-corrected chi connectivity index (χ1v) is 7.30. The third kappa shape index (κ3) is 1.49. The fourth-order valence-electron chi connectivity index (χ4n) is 3.79. The number of rotatable bonds is 0. The van der Waals surface area contributed by atoms with Gasteiger partial charge < -0.3 is 5.11 Å². The minimum atomic E-state index is 0.461. The molecule has 0 spiro atoms. The SMILES string of the molecule is Cc1ccc2c(c1O)-c1cccc3c1[C@H](C2)N(C)CC3. The van der Waals surface area contributed by atoms with Crippen LogP contribution in [0, 0.1) is 6.92 Å². The van der Waals surface area contributed by atoms with Gasteiger partial charge in [-0.3, -0.25) is 4.90 Å². The minimum Gasteiger partial charge on any atom is -0.507 e. The maximum Gasteiger partial charge on any atom is 0.126 e. The average molecular weight is 265 g/mol. The summed E-state index contributed by atoms with van der Waals surface area (Å²) in [6.07, 6.45) is 2.11. The van der Waals surface area contributed by atoms with Gasteiger partial charge in [0.05, 0.1) is 0 Å². The molecule has 1 atom stereocenters. The molecule has 2 heteroatoms. The molecule has 0 amide bonds. The van der Waals surface area contributed by atoms with Crippen LogP contribution in [0.3, 0.4) is 0 Å². The van der Waals surface area contributed by atoms with Gasteiger partial charge in [-0.2, -0.15) is 0 Å². The van der Waals surface area contributed by atoms with Crippen LogP contribution in [0.2, 0.25) is 0 Å². The van der Waals surface area contributed by atoms with Crippen molar-refractivity contribution in [3.05, 3.63) is 52.6 Å². The van der Waals surface area contributed by atoms with Crippen LogP contribution in [-0.4, -0.2) is 23.6 Å². The number of aromatic hydroxyl groups is 1. The van der Waals surface area contributed by atoms with Crippen molar-refractivity contribution in [2.24, 2.45) is 0 Å². The van der Waals surface area contributed by atoms with E-state index in [1.807, 2.05) is 13.0 Å². The van der Waals surface area contributed by atoms with Gasteiger partial charge in [-0.1, -0.05) is 30.3 Å². The highest BCUT2D eigenvalue weighted by molar-refractivity contribution is 5.81. The van der Waals surface area contributed by atoms with Crippen LogP contribution >= 0.6 is 0 Å². The topological polar surface area (TPSA) is 23.5 Å². The standard InChI is InChI=1S/C18H19NO/c1-11-6-7-13-10-15-16-12(8-9-19(15)2)4-3-5-14(16)17(13)18(11)20/h3-7,15,20H,8-10H2,1-2H3/t15-/m0/s1. The monoisotopic (exact) mass is 265 g/mol. The van der Waals surface area contributed by atoms with Crippen molar-refractivity contribution in [3.63, 3.8) is 0 Å². The summed E-state index contributed by atoms with van der Waals surface area (Å²) >= 11 is 0. The van der Waals surface area contributed by atoms with Crippen LogP contribution in [0.15, 0.2) is 30.3 Å². The quantitative estimate of drug-likeness (QED) is 0.788. The van der Waals surface area contributed by atoms with Gasteiger partial charge in [-0.05, 0) is 54.6 Å². The average Bonchev–Trinajstić information content (AvgIpc) is 2.46. The number of fused-ring (bicyclic) bond motifs is 2. The number of hydrogen-bond donors (Lipinski definition) is 1. The second-order valence-electron chi connectivity index (χ2n) is 6.09. The van der Waals surface area contributed by atoms with E-state index in [0.29, 0.717) is 11.8 Å². The third-order valence-corrected chi connectivity index (χ3v) is 4.94. The molecule has 20 heavy (non-hydrogen) atoms. The lowest BCUT2D eigenvalue weighted by Crippen LogP contribution is -2.35.